The molecule has 1 aliphatic rings. The van der Waals surface area contributed by atoms with E-state index in [2.05, 4.69) is 51.7 Å². The van der Waals surface area contributed by atoms with Crippen molar-refractivity contribution in [2.45, 2.75) is 59.0 Å². The first-order valence-corrected chi connectivity index (χ1v) is 6.92. The highest BCUT2D eigenvalue weighted by Gasteiger charge is 2.34. The van der Waals surface area contributed by atoms with E-state index in [1.807, 2.05) is 0 Å². The third-order valence-electron chi connectivity index (χ3n) is 4.18. The summed E-state index contributed by atoms with van der Waals surface area (Å²) < 4.78 is 0. The molecule has 100 valence electrons. The number of rotatable bonds is 1. The average molecular weight is 246 g/mol. The van der Waals surface area contributed by atoms with Gasteiger partial charge < -0.3 is 10.6 Å². The van der Waals surface area contributed by atoms with Crippen molar-refractivity contribution in [2.75, 3.05) is 11.4 Å². The van der Waals surface area contributed by atoms with Gasteiger partial charge in [0, 0.05) is 23.8 Å². The quantitative estimate of drug-likeness (QED) is 0.823. The number of aryl methyl sites for hydroxylation is 3. The Morgan fingerprint density at radius 3 is 2.28 bits per heavy atom. The molecule has 1 fully saturated rings. The predicted octanol–water partition coefficient (Wildman–Crippen LogP) is 3.32. The Bertz CT molecular complexity index is 425. The molecule has 0 spiro atoms. The summed E-state index contributed by atoms with van der Waals surface area (Å²) in [6.45, 7) is 12.2. The molecule has 0 amide bonds. The summed E-state index contributed by atoms with van der Waals surface area (Å²) in [7, 11) is 0. The Balaban J connectivity index is 2.46. The molecule has 18 heavy (non-hydrogen) atoms. The summed E-state index contributed by atoms with van der Waals surface area (Å²) in [4.78, 5) is 2.52. The van der Waals surface area contributed by atoms with Crippen LogP contribution in [0.2, 0.25) is 0 Å². The summed E-state index contributed by atoms with van der Waals surface area (Å²) >= 11 is 0. The molecule has 1 unspecified atom stereocenters. The van der Waals surface area contributed by atoms with Crippen molar-refractivity contribution in [3.8, 4) is 0 Å². The summed E-state index contributed by atoms with van der Waals surface area (Å²) in [5, 5.41) is 0. The van der Waals surface area contributed by atoms with Crippen LogP contribution in [0.15, 0.2) is 12.1 Å². The van der Waals surface area contributed by atoms with Gasteiger partial charge in [-0.15, -0.1) is 0 Å². The lowest BCUT2D eigenvalue weighted by molar-refractivity contribution is 0.334. The minimum Gasteiger partial charge on any atom is -0.364 e. The minimum absolute atomic E-state index is 0.209. The lowest BCUT2D eigenvalue weighted by Crippen LogP contribution is -2.55. The maximum Gasteiger partial charge on any atom is 0.0430 e. The molecule has 1 saturated heterocycles. The molecule has 1 atom stereocenters. The third-order valence-corrected chi connectivity index (χ3v) is 4.18. The largest absolute Gasteiger partial charge is 0.364 e. The maximum atomic E-state index is 6.17. The number of anilines is 1. The van der Waals surface area contributed by atoms with Crippen molar-refractivity contribution in [3.63, 3.8) is 0 Å². The normalized spacial score (nSPS) is 23.2. The Labute approximate surface area is 111 Å². The van der Waals surface area contributed by atoms with E-state index in [1.54, 1.807) is 0 Å². The Morgan fingerprint density at radius 1 is 1.17 bits per heavy atom. The van der Waals surface area contributed by atoms with E-state index < -0.39 is 0 Å². The van der Waals surface area contributed by atoms with Crippen LogP contribution >= 0.6 is 0 Å². The molecule has 1 aliphatic heterocycles. The molecule has 1 heterocycles. The lowest BCUT2D eigenvalue weighted by Gasteiger charge is -2.47. The molecular formula is C16H26N2. The second-order valence-electron chi connectivity index (χ2n) is 6.47. The van der Waals surface area contributed by atoms with E-state index in [-0.39, 0.29) is 5.54 Å². The number of piperidine rings is 1. The number of nitrogens with two attached hydrogens (primary N) is 1. The predicted molar refractivity (Wildman–Crippen MR) is 79.3 cm³/mol. The van der Waals surface area contributed by atoms with Crippen LogP contribution < -0.4 is 10.6 Å². The smallest absolute Gasteiger partial charge is 0.0430 e. The molecular weight excluding hydrogens is 220 g/mol. The van der Waals surface area contributed by atoms with E-state index in [0.717, 1.165) is 13.0 Å². The number of benzene rings is 1. The van der Waals surface area contributed by atoms with Crippen LogP contribution in [0.1, 0.15) is 43.4 Å². The van der Waals surface area contributed by atoms with Gasteiger partial charge in [0.15, 0.2) is 0 Å². The molecule has 2 rings (SSSR count). The van der Waals surface area contributed by atoms with Crippen molar-refractivity contribution in [3.05, 3.63) is 28.8 Å². The number of nitrogens with zero attached hydrogens (tertiary/aromatic N) is 1. The van der Waals surface area contributed by atoms with Crippen LogP contribution in [0, 0.1) is 20.8 Å². The van der Waals surface area contributed by atoms with Gasteiger partial charge in [0.1, 0.15) is 0 Å². The van der Waals surface area contributed by atoms with E-state index >= 15 is 0 Å². The van der Waals surface area contributed by atoms with Gasteiger partial charge in [0.05, 0.1) is 0 Å². The van der Waals surface area contributed by atoms with Crippen LogP contribution in [0.5, 0.6) is 0 Å². The molecule has 2 heteroatoms. The second kappa shape index (κ2) is 4.58. The van der Waals surface area contributed by atoms with Gasteiger partial charge in [0.25, 0.3) is 0 Å². The highest BCUT2D eigenvalue weighted by atomic mass is 15.2. The van der Waals surface area contributed by atoms with Crippen LogP contribution in [0.25, 0.3) is 0 Å². The second-order valence-corrected chi connectivity index (χ2v) is 6.47. The first kappa shape index (κ1) is 13.4. The van der Waals surface area contributed by atoms with Crippen LogP contribution in [0.3, 0.4) is 0 Å². The molecule has 0 bridgehead atoms. The molecule has 2 nitrogen and oxygen atoms in total. The summed E-state index contributed by atoms with van der Waals surface area (Å²) in [5.41, 5.74) is 11.9. The molecule has 2 N–H and O–H groups in total. The fraction of sp³-hybridized carbons (Fsp3) is 0.625. The first-order valence-electron chi connectivity index (χ1n) is 6.92. The van der Waals surface area contributed by atoms with Crippen molar-refractivity contribution in [1.82, 2.24) is 0 Å². The summed E-state index contributed by atoms with van der Waals surface area (Å²) in [5.74, 6) is 0. The van der Waals surface area contributed by atoms with Gasteiger partial charge in [-0.2, -0.15) is 0 Å². The summed E-state index contributed by atoms with van der Waals surface area (Å²) in [6, 6.07) is 4.86. The van der Waals surface area contributed by atoms with Gasteiger partial charge in [-0.3, -0.25) is 0 Å². The van der Waals surface area contributed by atoms with Gasteiger partial charge >= 0.3 is 0 Å². The van der Waals surface area contributed by atoms with Crippen LogP contribution in [0.4, 0.5) is 5.69 Å². The standard InChI is InChI=1S/C16H26N2/c1-11-8-12(2)15(13(3)9-11)18-10-14(17)6-7-16(18,4)5/h8-9,14H,6-7,10,17H2,1-5H3. The number of hydrogen-bond acceptors (Lipinski definition) is 2. The Morgan fingerprint density at radius 2 is 1.72 bits per heavy atom. The monoisotopic (exact) mass is 246 g/mol. The maximum absolute atomic E-state index is 6.17. The third kappa shape index (κ3) is 2.39. The van der Waals surface area contributed by atoms with Crippen molar-refractivity contribution >= 4 is 5.69 Å². The van der Waals surface area contributed by atoms with Crippen molar-refractivity contribution in [2.24, 2.45) is 5.73 Å². The summed E-state index contributed by atoms with van der Waals surface area (Å²) in [6.07, 6.45) is 2.30. The zero-order valence-electron chi connectivity index (χ0n) is 12.4. The average Bonchev–Trinajstić information content (AvgIpc) is 2.22. The molecule has 1 aromatic rings. The van der Waals surface area contributed by atoms with Crippen LogP contribution in [-0.2, 0) is 0 Å². The number of hydrogen-bond donors (Lipinski definition) is 1. The van der Waals surface area contributed by atoms with Gasteiger partial charge in [0.2, 0.25) is 0 Å². The zero-order valence-corrected chi connectivity index (χ0v) is 12.4. The Hall–Kier alpha value is -1.02. The molecule has 1 aromatic carbocycles. The Kier molecular flexibility index (Phi) is 3.41. The van der Waals surface area contributed by atoms with Crippen molar-refractivity contribution in [1.29, 1.82) is 0 Å². The molecule has 0 aliphatic carbocycles. The van der Waals surface area contributed by atoms with E-state index in [9.17, 15) is 0 Å². The highest BCUT2D eigenvalue weighted by molar-refractivity contribution is 5.62. The topological polar surface area (TPSA) is 29.3 Å². The van der Waals surface area contributed by atoms with Gasteiger partial charge in [-0.05, 0) is 58.6 Å². The molecule has 0 saturated carbocycles. The zero-order chi connectivity index (χ0) is 13.5. The SMILES string of the molecule is Cc1cc(C)c(N2CC(N)CCC2(C)C)c(C)c1. The first-order chi connectivity index (χ1) is 8.31. The van der Waals surface area contributed by atoms with Gasteiger partial charge in [-0.1, -0.05) is 17.7 Å². The van der Waals surface area contributed by atoms with Gasteiger partial charge in [-0.25, -0.2) is 0 Å². The fourth-order valence-electron chi connectivity index (χ4n) is 3.24. The molecule has 0 radical (unpaired) electrons. The van der Waals surface area contributed by atoms with Crippen molar-refractivity contribution < 1.29 is 0 Å². The van der Waals surface area contributed by atoms with E-state index in [4.69, 9.17) is 5.73 Å². The lowest BCUT2D eigenvalue weighted by atomic mass is 9.86. The van der Waals surface area contributed by atoms with E-state index in [0.29, 0.717) is 6.04 Å². The highest BCUT2D eigenvalue weighted by Crippen LogP contribution is 2.36. The van der Waals surface area contributed by atoms with E-state index in [1.165, 1.54) is 28.8 Å². The minimum atomic E-state index is 0.209. The molecule has 0 aromatic heterocycles. The fourth-order valence-corrected chi connectivity index (χ4v) is 3.24. The van der Waals surface area contributed by atoms with Crippen LogP contribution in [-0.4, -0.2) is 18.1 Å².